The van der Waals surface area contributed by atoms with Crippen molar-refractivity contribution < 1.29 is 27.4 Å². The Kier molecular flexibility index (Phi) is 4.93. The number of carboxylic acid groups (broad SMARTS) is 1. The van der Waals surface area contributed by atoms with E-state index >= 15 is 0 Å². The first-order valence-electron chi connectivity index (χ1n) is 7.80. The van der Waals surface area contributed by atoms with Crippen molar-refractivity contribution in [2.75, 3.05) is 19.7 Å². The molecule has 1 atom stereocenters. The number of carbonyl (C=O) groups is 1. The molecule has 1 aromatic rings. The van der Waals surface area contributed by atoms with E-state index in [1.165, 1.54) is 4.90 Å². The SMILES string of the molecule is O=C(O)N1CCC2(CC1)C[C@@H](NS(=O)(=O)c1ccc(F)cc1Cl)CO2. The van der Waals surface area contributed by atoms with Gasteiger partial charge in [-0.05, 0) is 37.5 Å². The lowest BCUT2D eigenvalue weighted by molar-refractivity contribution is -0.0394. The van der Waals surface area contributed by atoms with Crippen LogP contribution in [0, 0.1) is 5.82 Å². The molecule has 3 rings (SSSR count). The molecule has 10 heteroatoms. The summed E-state index contributed by atoms with van der Waals surface area (Å²) in [6, 6.07) is 2.67. The van der Waals surface area contributed by atoms with Crippen molar-refractivity contribution in [1.82, 2.24) is 9.62 Å². The number of hydrogen-bond acceptors (Lipinski definition) is 4. The van der Waals surface area contributed by atoms with Gasteiger partial charge in [0.15, 0.2) is 0 Å². The fourth-order valence-electron chi connectivity index (χ4n) is 3.35. The highest BCUT2D eigenvalue weighted by molar-refractivity contribution is 7.89. The number of sulfonamides is 1. The van der Waals surface area contributed by atoms with Gasteiger partial charge in [-0.2, -0.15) is 0 Å². The first-order valence-corrected chi connectivity index (χ1v) is 9.66. The van der Waals surface area contributed by atoms with Gasteiger partial charge >= 0.3 is 6.09 Å². The topological polar surface area (TPSA) is 95.9 Å². The summed E-state index contributed by atoms with van der Waals surface area (Å²) in [6.45, 7) is 0.919. The van der Waals surface area contributed by atoms with Gasteiger partial charge < -0.3 is 14.7 Å². The van der Waals surface area contributed by atoms with Gasteiger partial charge in [0.2, 0.25) is 10.0 Å². The smallest absolute Gasteiger partial charge is 0.407 e. The van der Waals surface area contributed by atoms with Crippen molar-refractivity contribution >= 4 is 27.7 Å². The first kappa shape index (κ1) is 18.4. The zero-order valence-corrected chi connectivity index (χ0v) is 14.8. The fraction of sp³-hybridized carbons (Fsp3) is 0.533. The van der Waals surface area contributed by atoms with Crippen LogP contribution in [0.1, 0.15) is 19.3 Å². The number of nitrogens with zero attached hydrogens (tertiary/aromatic N) is 1. The Morgan fingerprint density at radius 3 is 2.68 bits per heavy atom. The average molecular weight is 393 g/mol. The summed E-state index contributed by atoms with van der Waals surface area (Å²) in [5, 5.41) is 8.82. The molecule has 2 fully saturated rings. The van der Waals surface area contributed by atoms with Crippen LogP contribution in [0.2, 0.25) is 5.02 Å². The molecule has 2 aliphatic heterocycles. The van der Waals surface area contributed by atoms with E-state index in [1.54, 1.807) is 0 Å². The number of likely N-dealkylation sites (tertiary alicyclic amines) is 1. The molecule has 25 heavy (non-hydrogen) atoms. The third-order valence-electron chi connectivity index (χ3n) is 4.66. The maximum atomic E-state index is 13.1. The predicted octanol–water partition coefficient (Wildman–Crippen LogP) is 2.06. The summed E-state index contributed by atoms with van der Waals surface area (Å²) in [4.78, 5) is 12.1. The Labute approximate surface area is 149 Å². The van der Waals surface area contributed by atoms with Gasteiger partial charge in [-0.15, -0.1) is 0 Å². The molecule has 2 N–H and O–H groups in total. The van der Waals surface area contributed by atoms with Crippen molar-refractivity contribution in [3.63, 3.8) is 0 Å². The van der Waals surface area contributed by atoms with Gasteiger partial charge in [0, 0.05) is 19.1 Å². The highest BCUT2D eigenvalue weighted by Crippen LogP contribution is 2.36. The molecule has 0 saturated carbocycles. The molecule has 0 radical (unpaired) electrons. The van der Waals surface area contributed by atoms with Crippen LogP contribution in [-0.4, -0.2) is 55.9 Å². The van der Waals surface area contributed by atoms with E-state index in [0.717, 1.165) is 18.2 Å². The lowest BCUT2D eigenvalue weighted by Gasteiger charge is -2.37. The minimum Gasteiger partial charge on any atom is -0.465 e. The maximum Gasteiger partial charge on any atom is 0.407 e. The number of hydrogen-bond donors (Lipinski definition) is 2. The van der Waals surface area contributed by atoms with Gasteiger partial charge in [0.25, 0.3) is 0 Å². The molecule has 1 amide bonds. The summed E-state index contributed by atoms with van der Waals surface area (Å²) < 4.78 is 46.4. The van der Waals surface area contributed by atoms with Crippen LogP contribution in [0.15, 0.2) is 23.1 Å². The van der Waals surface area contributed by atoms with Crippen molar-refractivity contribution in [1.29, 1.82) is 0 Å². The molecular weight excluding hydrogens is 375 g/mol. The summed E-state index contributed by atoms with van der Waals surface area (Å²) in [7, 11) is -3.90. The molecule has 2 aliphatic rings. The zero-order valence-electron chi connectivity index (χ0n) is 13.2. The van der Waals surface area contributed by atoms with Gasteiger partial charge in [0.05, 0.1) is 17.2 Å². The Bertz CT molecular complexity index is 780. The van der Waals surface area contributed by atoms with Crippen molar-refractivity contribution in [3.05, 3.63) is 29.0 Å². The lowest BCUT2D eigenvalue weighted by Crippen LogP contribution is -2.46. The number of amides is 1. The standard InChI is InChI=1S/C15H18ClFN2O5S/c16-12-7-10(17)1-2-13(12)25(22,23)18-11-8-15(24-9-11)3-5-19(6-4-15)14(20)21/h1-2,7,11,18H,3-6,8-9H2,(H,20,21)/t11-/m1/s1. The number of halogens is 2. The number of ether oxygens (including phenoxy) is 1. The highest BCUT2D eigenvalue weighted by atomic mass is 35.5. The van der Waals surface area contributed by atoms with Gasteiger partial charge in [-0.25, -0.2) is 22.3 Å². The second-order valence-corrected chi connectivity index (χ2v) is 8.45. The minimum absolute atomic E-state index is 0.183. The van der Waals surface area contributed by atoms with E-state index in [2.05, 4.69) is 4.72 Å². The van der Waals surface area contributed by atoms with Gasteiger partial charge in [-0.3, -0.25) is 0 Å². The van der Waals surface area contributed by atoms with E-state index in [0.29, 0.717) is 32.4 Å². The van der Waals surface area contributed by atoms with Gasteiger partial charge in [0.1, 0.15) is 10.7 Å². The average Bonchev–Trinajstić information content (AvgIpc) is 2.89. The van der Waals surface area contributed by atoms with E-state index in [-0.39, 0.29) is 16.5 Å². The minimum atomic E-state index is -3.90. The van der Waals surface area contributed by atoms with Crippen LogP contribution in [0.3, 0.4) is 0 Å². The van der Waals surface area contributed by atoms with E-state index in [4.69, 9.17) is 21.4 Å². The summed E-state index contributed by atoms with van der Waals surface area (Å²) in [6.07, 6.45) is 0.540. The van der Waals surface area contributed by atoms with Crippen LogP contribution in [0.25, 0.3) is 0 Å². The third-order valence-corrected chi connectivity index (χ3v) is 6.66. The second kappa shape index (κ2) is 6.71. The Morgan fingerprint density at radius 1 is 1.40 bits per heavy atom. The van der Waals surface area contributed by atoms with Crippen LogP contribution in [-0.2, 0) is 14.8 Å². The molecule has 0 unspecified atom stereocenters. The monoisotopic (exact) mass is 392 g/mol. The lowest BCUT2D eigenvalue weighted by atomic mass is 9.88. The molecule has 1 aromatic carbocycles. The second-order valence-electron chi connectivity index (χ2n) is 6.36. The molecule has 7 nitrogen and oxygen atoms in total. The van der Waals surface area contributed by atoms with Gasteiger partial charge in [-0.1, -0.05) is 11.6 Å². The number of benzene rings is 1. The first-order chi connectivity index (χ1) is 11.7. The Hall–Kier alpha value is -1.42. The van der Waals surface area contributed by atoms with Crippen LogP contribution in [0.4, 0.5) is 9.18 Å². The summed E-state index contributed by atoms with van der Waals surface area (Å²) in [5.74, 6) is -0.614. The third kappa shape index (κ3) is 3.89. The Balaban J connectivity index is 1.66. The summed E-state index contributed by atoms with van der Waals surface area (Å²) >= 11 is 5.84. The van der Waals surface area contributed by atoms with Crippen molar-refractivity contribution in [3.8, 4) is 0 Å². The highest BCUT2D eigenvalue weighted by Gasteiger charge is 2.44. The molecule has 2 heterocycles. The van der Waals surface area contributed by atoms with E-state index in [9.17, 15) is 17.6 Å². The fourth-order valence-corrected chi connectivity index (χ4v) is 5.10. The maximum absolute atomic E-state index is 13.1. The zero-order chi connectivity index (χ0) is 18.2. The molecule has 2 saturated heterocycles. The molecule has 0 aliphatic carbocycles. The van der Waals surface area contributed by atoms with Crippen LogP contribution in [0.5, 0.6) is 0 Å². The van der Waals surface area contributed by atoms with Crippen molar-refractivity contribution in [2.45, 2.75) is 35.8 Å². The quantitative estimate of drug-likeness (QED) is 0.820. The van der Waals surface area contributed by atoms with E-state index < -0.39 is 33.6 Å². The molecule has 0 bridgehead atoms. The van der Waals surface area contributed by atoms with Crippen molar-refractivity contribution in [2.24, 2.45) is 0 Å². The predicted molar refractivity (Wildman–Crippen MR) is 87.7 cm³/mol. The van der Waals surface area contributed by atoms with Crippen LogP contribution < -0.4 is 4.72 Å². The normalized spacial score (nSPS) is 23.1. The molecule has 1 spiro atoms. The van der Waals surface area contributed by atoms with Crippen LogP contribution >= 0.6 is 11.6 Å². The largest absolute Gasteiger partial charge is 0.465 e. The molecule has 138 valence electrons. The molecule has 0 aromatic heterocycles. The number of rotatable bonds is 3. The number of piperidine rings is 1. The van der Waals surface area contributed by atoms with E-state index in [1.807, 2.05) is 0 Å². The Morgan fingerprint density at radius 2 is 2.08 bits per heavy atom. The molecular formula is C15H18ClFN2O5S. The number of nitrogens with one attached hydrogen (secondary N) is 1. The summed E-state index contributed by atoms with van der Waals surface area (Å²) in [5.41, 5.74) is -0.508.